The van der Waals surface area contributed by atoms with Gasteiger partial charge in [-0.1, -0.05) is 36.4 Å². The van der Waals surface area contributed by atoms with E-state index in [2.05, 4.69) is 24.5 Å². The third kappa shape index (κ3) is 4.74. The molecule has 0 bridgehead atoms. The number of hydrogen-bond acceptors (Lipinski definition) is 2. The molecule has 1 aromatic heterocycles. The molecule has 4 nitrogen and oxygen atoms in total. The largest absolute Gasteiger partial charge is 0.481 e. The van der Waals surface area contributed by atoms with Crippen LogP contribution >= 0.6 is 0 Å². The van der Waals surface area contributed by atoms with E-state index in [1.807, 2.05) is 24.3 Å². The van der Waals surface area contributed by atoms with Gasteiger partial charge in [-0.3, -0.25) is 4.79 Å². The van der Waals surface area contributed by atoms with Crippen LogP contribution in [0.5, 0.6) is 0 Å². The number of aliphatic hydroxyl groups excluding tert-OH is 1. The molecule has 0 fully saturated rings. The molecule has 0 aliphatic rings. The number of hydrogen-bond donors (Lipinski definition) is 2. The molecule has 5 heteroatoms. The zero-order valence-electron chi connectivity index (χ0n) is 16.7. The number of benzene rings is 2. The number of carboxylic acids is 1. The number of carbonyl (C=O) groups is 1. The van der Waals surface area contributed by atoms with Crippen LogP contribution in [0, 0.1) is 5.82 Å². The molecule has 0 radical (unpaired) electrons. The first kappa shape index (κ1) is 20.8. The first-order chi connectivity index (χ1) is 13.9. The van der Waals surface area contributed by atoms with Crippen molar-refractivity contribution in [2.45, 2.75) is 45.3 Å². The van der Waals surface area contributed by atoms with Crippen molar-refractivity contribution in [3.8, 4) is 11.1 Å². The van der Waals surface area contributed by atoms with E-state index in [0.717, 1.165) is 27.7 Å². The summed E-state index contributed by atoms with van der Waals surface area (Å²) in [5.41, 5.74) is 3.90. The van der Waals surface area contributed by atoms with Gasteiger partial charge >= 0.3 is 5.97 Å². The van der Waals surface area contributed by atoms with Gasteiger partial charge in [0, 0.05) is 34.6 Å². The number of fused-ring (bicyclic) bond motifs is 1. The summed E-state index contributed by atoms with van der Waals surface area (Å²) in [6.07, 6.45) is 3.72. The van der Waals surface area contributed by atoms with Crippen LogP contribution in [-0.4, -0.2) is 26.9 Å². The Bertz CT molecular complexity index is 1020. The van der Waals surface area contributed by atoms with Gasteiger partial charge in [-0.2, -0.15) is 0 Å². The van der Waals surface area contributed by atoms with E-state index in [9.17, 15) is 14.3 Å². The van der Waals surface area contributed by atoms with E-state index < -0.39 is 12.1 Å². The normalized spacial score (nSPS) is 12.9. The van der Waals surface area contributed by atoms with Crippen molar-refractivity contribution in [1.29, 1.82) is 0 Å². The minimum absolute atomic E-state index is 0.0397. The average molecular weight is 395 g/mol. The van der Waals surface area contributed by atoms with Gasteiger partial charge in [0.15, 0.2) is 0 Å². The maximum absolute atomic E-state index is 13.5. The predicted octanol–water partition coefficient (Wildman–Crippen LogP) is 5.66. The standard InChI is InChI=1S/C24H26FNO3/c1-16(2)26-21-8-4-3-7-20(21)24(17-10-12-18(25)13-11-17)22(26)15-14-19(27)6-5-9-23(28)29/h3-4,7-8,10-16,19,27H,5-6,9H2,1-2H3,(H,28,29)/b15-14+. The van der Waals surface area contributed by atoms with E-state index in [1.54, 1.807) is 18.2 Å². The molecular formula is C24H26FNO3. The van der Waals surface area contributed by atoms with Gasteiger partial charge in [0.2, 0.25) is 0 Å². The van der Waals surface area contributed by atoms with Crippen molar-refractivity contribution in [2.75, 3.05) is 0 Å². The van der Waals surface area contributed by atoms with Crippen molar-refractivity contribution in [2.24, 2.45) is 0 Å². The Kier molecular flexibility index (Phi) is 6.49. The van der Waals surface area contributed by atoms with E-state index >= 15 is 0 Å². The Morgan fingerprint density at radius 3 is 2.48 bits per heavy atom. The number of aliphatic carboxylic acids is 1. The molecule has 152 valence electrons. The van der Waals surface area contributed by atoms with E-state index in [0.29, 0.717) is 12.8 Å². The fraction of sp³-hybridized carbons (Fsp3) is 0.292. The molecule has 0 aliphatic heterocycles. The highest BCUT2D eigenvalue weighted by atomic mass is 19.1. The second kappa shape index (κ2) is 9.05. The van der Waals surface area contributed by atoms with E-state index in [-0.39, 0.29) is 18.3 Å². The number of aromatic nitrogens is 1. The fourth-order valence-electron chi connectivity index (χ4n) is 3.68. The van der Waals surface area contributed by atoms with Gasteiger partial charge in [0.1, 0.15) is 5.82 Å². The summed E-state index contributed by atoms with van der Waals surface area (Å²) >= 11 is 0. The smallest absolute Gasteiger partial charge is 0.303 e. The summed E-state index contributed by atoms with van der Waals surface area (Å²) in [7, 11) is 0. The summed E-state index contributed by atoms with van der Waals surface area (Å²) in [4.78, 5) is 10.7. The van der Waals surface area contributed by atoms with Crippen LogP contribution < -0.4 is 0 Å². The Balaban J connectivity index is 2.07. The lowest BCUT2D eigenvalue weighted by atomic mass is 10.0. The Labute approximate surface area is 169 Å². The molecule has 1 heterocycles. The molecule has 0 amide bonds. The van der Waals surface area contributed by atoms with Gasteiger partial charge in [-0.25, -0.2) is 4.39 Å². The molecule has 2 aromatic carbocycles. The number of para-hydroxylation sites is 1. The monoisotopic (exact) mass is 395 g/mol. The molecule has 3 aromatic rings. The number of rotatable bonds is 8. The van der Waals surface area contributed by atoms with Crippen LogP contribution in [0.25, 0.3) is 28.1 Å². The first-order valence-electron chi connectivity index (χ1n) is 9.85. The average Bonchev–Trinajstić information content (AvgIpc) is 3.01. The zero-order valence-corrected chi connectivity index (χ0v) is 16.7. The summed E-state index contributed by atoms with van der Waals surface area (Å²) in [5.74, 6) is -1.15. The van der Waals surface area contributed by atoms with Gasteiger partial charge in [0.05, 0.1) is 6.10 Å². The van der Waals surface area contributed by atoms with Crippen molar-refractivity contribution in [3.63, 3.8) is 0 Å². The Morgan fingerprint density at radius 2 is 1.83 bits per heavy atom. The van der Waals surface area contributed by atoms with Gasteiger partial charge in [0.25, 0.3) is 0 Å². The topological polar surface area (TPSA) is 62.5 Å². The van der Waals surface area contributed by atoms with E-state index in [4.69, 9.17) is 5.11 Å². The van der Waals surface area contributed by atoms with E-state index in [1.165, 1.54) is 12.1 Å². The maximum Gasteiger partial charge on any atom is 0.303 e. The number of nitrogens with zero attached hydrogens (tertiary/aromatic N) is 1. The number of aliphatic hydroxyl groups is 1. The molecular weight excluding hydrogens is 369 g/mol. The van der Waals surface area contributed by atoms with Crippen molar-refractivity contribution >= 4 is 22.9 Å². The number of halogens is 1. The van der Waals surface area contributed by atoms with Crippen molar-refractivity contribution in [1.82, 2.24) is 4.57 Å². The minimum atomic E-state index is -0.861. The lowest BCUT2D eigenvalue weighted by molar-refractivity contribution is -0.137. The lowest BCUT2D eigenvalue weighted by Crippen LogP contribution is -2.06. The third-order valence-electron chi connectivity index (χ3n) is 4.96. The van der Waals surface area contributed by atoms with Gasteiger partial charge < -0.3 is 14.8 Å². The Morgan fingerprint density at radius 1 is 1.14 bits per heavy atom. The summed E-state index contributed by atoms with van der Waals surface area (Å²) in [6, 6.07) is 14.7. The Hall–Kier alpha value is -2.92. The van der Waals surface area contributed by atoms with Crippen LogP contribution in [0.4, 0.5) is 4.39 Å². The fourth-order valence-corrected chi connectivity index (χ4v) is 3.68. The summed E-state index contributed by atoms with van der Waals surface area (Å²) in [6.45, 7) is 4.20. The zero-order chi connectivity index (χ0) is 21.0. The molecule has 1 unspecified atom stereocenters. The SMILES string of the molecule is CC(C)n1c(/C=C/C(O)CCCC(=O)O)c(-c2ccc(F)cc2)c2ccccc21. The van der Waals surface area contributed by atoms with Gasteiger partial charge in [-0.05, 0) is 56.5 Å². The van der Waals surface area contributed by atoms with Crippen LogP contribution in [0.3, 0.4) is 0 Å². The van der Waals surface area contributed by atoms with Gasteiger partial charge in [-0.15, -0.1) is 0 Å². The maximum atomic E-state index is 13.5. The highest BCUT2D eigenvalue weighted by Gasteiger charge is 2.18. The highest BCUT2D eigenvalue weighted by molar-refractivity contribution is 6.01. The third-order valence-corrected chi connectivity index (χ3v) is 4.96. The molecule has 3 rings (SSSR count). The second-order valence-corrected chi connectivity index (χ2v) is 7.46. The van der Waals surface area contributed by atoms with Crippen LogP contribution in [0.2, 0.25) is 0 Å². The summed E-state index contributed by atoms with van der Waals surface area (Å²) < 4.78 is 15.7. The van der Waals surface area contributed by atoms with Crippen molar-refractivity contribution in [3.05, 3.63) is 66.1 Å². The molecule has 2 N–H and O–H groups in total. The lowest BCUT2D eigenvalue weighted by Gasteiger charge is -2.14. The summed E-state index contributed by atoms with van der Waals surface area (Å²) in [5, 5.41) is 20.1. The minimum Gasteiger partial charge on any atom is -0.481 e. The molecule has 0 saturated carbocycles. The van der Waals surface area contributed by atoms with Crippen LogP contribution in [-0.2, 0) is 4.79 Å². The predicted molar refractivity (Wildman–Crippen MR) is 114 cm³/mol. The highest BCUT2D eigenvalue weighted by Crippen LogP contribution is 2.38. The molecule has 0 aliphatic carbocycles. The second-order valence-electron chi connectivity index (χ2n) is 7.46. The molecule has 29 heavy (non-hydrogen) atoms. The quantitative estimate of drug-likeness (QED) is 0.517. The number of carboxylic acid groups (broad SMARTS) is 1. The first-order valence-corrected chi connectivity index (χ1v) is 9.85. The molecule has 0 spiro atoms. The molecule has 0 saturated heterocycles. The molecule has 1 atom stereocenters. The van der Waals surface area contributed by atoms with Crippen LogP contribution in [0.15, 0.2) is 54.6 Å². The van der Waals surface area contributed by atoms with Crippen molar-refractivity contribution < 1.29 is 19.4 Å². The van der Waals surface area contributed by atoms with Crippen LogP contribution in [0.1, 0.15) is 44.8 Å².